The van der Waals surface area contributed by atoms with Gasteiger partial charge in [-0.3, -0.25) is 14.9 Å². The number of nitro groups is 1. The molecular weight excluding hydrogens is 476 g/mol. The number of nitrogens with zero attached hydrogens (tertiary/aromatic N) is 1. The van der Waals surface area contributed by atoms with Crippen LogP contribution >= 0.6 is 11.6 Å². The highest BCUT2D eigenvalue weighted by Gasteiger charge is 2.41. The third-order valence-corrected chi connectivity index (χ3v) is 7.40. The average Bonchev–Trinajstić information content (AvgIpc) is 3.32. The first kappa shape index (κ1) is 22.6. The highest BCUT2D eigenvalue weighted by Crippen LogP contribution is 2.52. The Kier molecular flexibility index (Phi) is 5.05. The van der Waals surface area contributed by atoms with E-state index in [1.54, 1.807) is 12.1 Å². The maximum absolute atomic E-state index is 13.6. The third-order valence-electron chi connectivity index (χ3n) is 7.08. The highest BCUT2D eigenvalue weighted by atomic mass is 35.5. The summed E-state index contributed by atoms with van der Waals surface area (Å²) in [5.74, 6) is 1.17. The van der Waals surface area contributed by atoms with Crippen LogP contribution in [0.5, 0.6) is 0 Å². The maximum atomic E-state index is 13.6. The number of carbonyl (C=O) groups is 1. The minimum Gasteiger partial charge on any atom is -0.459 e. The quantitative estimate of drug-likeness (QED) is 0.228. The van der Waals surface area contributed by atoms with Crippen molar-refractivity contribution >= 4 is 45.1 Å². The second kappa shape index (κ2) is 8.07. The number of halogens is 1. The zero-order valence-electron chi connectivity index (χ0n) is 19.8. The number of allylic oxidation sites excluding steroid dienone is 1. The summed E-state index contributed by atoms with van der Waals surface area (Å²) in [5, 5.41) is 17.2. The van der Waals surface area contributed by atoms with Gasteiger partial charge in [0.1, 0.15) is 22.6 Å². The first-order chi connectivity index (χ1) is 17.2. The lowest BCUT2D eigenvalue weighted by atomic mass is 9.68. The lowest BCUT2D eigenvalue weighted by molar-refractivity contribution is -0.384. The lowest BCUT2D eigenvalue weighted by Gasteiger charge is -2.39. The smallest absolute Gasteiger partial charge is 0.288 e. The second-order valence-electron chi connectivity index (χ2n) is 10.2. The summed E-state index contributed by atoms with van der Waals surface area (Å²) in [6.45, 7) is 4.27. The minimum absolute atomic E-state index is 0.0681. The van der Waals surface area contributed by atoms with E-state index in [2.05, 4.69) is 43.4 Å². The van der Waals surface area contributed by atoms with E-state index in [0.717, 1.165) is 39.6 Å². The number of ketones is 1. The molecule has 3 aromatic carbocycles. The molecule has 1 N–H and O–H groups in total. The van der Waals surface area contributed by atoms with Crippen molar-refractivity contribution in [2.45, 2.75) is 32.7 Å². The number of hydrogen-bond acceptors (Lipinski definition) is 5. The Bertz CT molecular complexity index is 1610. The molecule has 0 radical (unpaired) electrons. The van der Waals surface area contributed by atoms with E-state index in [-0.39, 0.29) is 21.9 Å². The van der Waals surface area contributed by atoms with Gasteiger partial charge in [-0.25, -0.2) is 0 Å². The van der Waals surface area contributed by atoms with Crippen molar-refractivity contribution < 1.29 is 14.1 Å². The molecule has 0 saturated heterocycles. The zero-order valence-corrected chi connectivity index (χ0v) is 20.6. The molecule has 6 rings (SSSR count). The highest BCUT2D eigenvalue weighted by molar-refractivity contribution is 6.32. The predicted octanol–water partition coefficient (Wildman–Crippen LogP) is 7.97. The van der Waals surface area contributed by atoms with Crippen molar-refractivity contribution in [3.8, 4) is 11.3 Å². The van der Waals surface area contributed by atoms with Gasteiger partial charge in [-0.2, -0.15) is 0 Å². The standard InChI is InChI=1S/C29H23ClN2O4/c1-29(2)14-19-26-18-6-4-3-5-16(18)8-10-21(26)31-28(27(19)23(33)15-29)25-12-11-24(36-25)17-7-9-20(30)22(13-17)32(34)35/h3-13,28,31H,14-15H2,1-2H3/t28-/m0/s1. The number of rotatable bonds is 3. The normalized spacial score (nSPS) is 18.5. The molecule has 1 aromatic heterocycles. The molecule has 0 amide bonds. The van der Waals surface area contributed by atoms with E-state index in [1.807, 2.05) is 18.2 Å². The molecule has 0 unspecified atom stereocenters. The molecule has 4 aromatic rings. The molecule has 0 saturated carbocycles. The minimum atomic E-state index is -0.515. The number of furan rings is 1. The topological polar surface area (TPSA) is 85.4 Å². The Morgan fingerprint density at radius 3 is 2.67 bits per heavy atom. The maximum Gasteiger partial charge on any atom is 0.288 e. The number of nitro benzene ring substituents is 1. The summed E-state index contributed by atoms with van der Waals surface area (Å²) in [7, 11) is 0. The van der Waals surface area contributed by atoms with Gasteiger partial charge in [0.2, 0.25) is 0 Å². The summed E-state index contributed by atoms with van der Waals surface area (Å²) in [6, 6.07) is 20.1. The summed E-state index contributed by atoms with van der Waals surface area (Å²) >= 11 is 5.98. The number of fused-ring (bicyclic) bond motifs is 4. The van der Waals surface area contributed by atoms with Crippen LogP contribution in [0.2, 0.25) is 5.02 Å². The van der Waals surface area contributed by atoms with E-state index in [4.69, 9.17) is 16.0 Å². The number of Topliss-reactive ketones (excluding diaryl/α,β-unsaturated/α-hetero) is 1. The van der Waals surface area contributed by atoms with Gasteiger partial charge in [0.25, 0.3) is 5.69 Å². The van der Waals surface area contributed by atoms with Crippen LogP contribution in [0.3, 0.4) is 0 Å². The number of benzene rings is 3. The summed E-state index contributed by atoms with van der Waals surface area (Å²) in [6.07, 6.45) is 1.24. The van der Waals surface area contributed by atoms with Crippen molar-refractivity contribution in [3.05, 3.63) is 98.8 Å². The Morgan fingerprint density at radius 1 is 1.06 bits per heavy atom. The van der Waals surface area contributed by atoms with Crippen LogP contribution in [0.1, 0.15) is 44.1 Å². The van der Waals surface area contributed by atoms with Crippen molar-refractivity contribution in [1.29, 1.82) is 0 Å². The molecule has 0 spiro atoms. The van der Waals surface area contributed by atoms with Gasteiger partial charge in [-0.05, 0) is 58.5 Å². The Labute approximate surface area is 212 Å². The Hall–Kier alpha value is -3.90. The molecular formula is C29H23ClN2O4. The van der Waals surface area contributed by atoms with E-state index >= 15 is 0 Å². The monoisotopic (exact) mass is 498 g/mol. The van der Waals surface area contributed by atoms with Crippen LogP contribution in [0.25, 0.3) is 27.7 Å². The summed E-state index contributed by atoms with van der Waals surface area (Å²) in [4.78, 5) is 24.4. The van der Waals surface area contributed by atoms with Gasteiger partial charge in [0, 0.05) is 34.9 Å². The van der Waals surface area contributed by atoms with E-state index < -0.39 is 11.0 Å². The number of carbonyl (C=O) groups excluding carboxylic acids is 1. The van der Waals surface area contributed by atoms with Gasteiger partial charge >= 0.3 is 0 Å². The number of nitrogens with one attached hydrogen (secondary N) is 1. The van der Waals surface area contributed by atoms with Gasteiger partial charge in [0.15, 0.2) is 5.78 Å². The van der Waals surface area contributed by atoms with Crippen LogP contribution < -0.4 is 5.32 Å². The van der Waals surface area contributed by atoms with Crippen molar-refractivity contribution in [1.82, 2.24) is 0 Å². The van der Waals surface area contributed by atoms with Gasteiger partial charge in [0.05, 0.1) is 4.92 Å². The van der Waals surface area contributed by atoms with E-state index in [0.29, 0.717) is 23.5 Å². The first-order valence-electron chi connectivity index (χ1n) is 11.8. The molecule has 1 atom stereocenters. The molecule has 2 aliphatic rings. The molecule has 7 heteroatoms. The Balaban J connectivity index is 1.50. The predicted molar refractivity (Wildman–Crippen MR) is 141 cm³/mol. The van der Waals surface area contributed by atoms with Crippen LogP contribution in [0.4, 0.5) is 11.4 Å². The number of hydrogen-bond donors (Lipinski definition) is 1. The molecule has 1 aliphatic carbocycles. The fourth-order valence-corrected chi connectivity index (χ4v) is 5.71. The summed E-state index contributed by atoms with van der Waals surface area (Å²) in [5.41, 5.74) is 4.06. The van der Waals surface area contributed by atoms with Crippen molar-refractivity contribution in [2.24, 2.45) is 5.41 Å². The second-order valence-corrected chi connectivity index (χ2v) is 10.7. The van der Waals surface area contributed by atoms with E-state index in [9.17, 15) is 14.9 Å². The van der Waals surface area contributed by atoms with Crippen LogP contribution in [0, 0.1) is 15.5 Å². The molecule has 0 bridgehead atoms. The van der Waals surface area contributed by atoms with Crippen LogP contribution in [-0.4, -0.2) is 10.7 Å². The molecule has 2 heterocycles. The van der Waals surface area contributed by atoms with Gasteiger partial charge < -0.3 is 9.73 Å². The molecule has 6 nitrogen and oxygen atoms in total. The largest absolute Gasteiger partial charge is 0.459 e. The molecule has 180 valence electrons. The molecule has 36 heavy (non-hydrogen) atoms. The van der Waals surface area contributed by atoms with Gasteiger partial charge in [-0.15, -0.1) is 0 Å². The van der Waals surface area contributed by atoms with Crippen LogP contribution in [0.15, 0.2) is 76.7 Å². The lowest BCUT2D eigenvalue weighted by Crippen LogP contribution is -2.33. The van der Waals surface area contributed by atoms with Gasteiger partial charge in [-0.1, -0.05) is 55.8 Å². The fourth-order valence-electron chi connectivity index (χ4n) is 5.52. The van der Waals surface area contributed by atoms with Crippen molar-refractivity contribution in [2.75, 3.05) is 5.32 Å². The average molecular weight is 499 g/mol. The molecule has 1 aliphatic heterocycles. The first-order valence-corrected chi connectivity index (χ1v) is 12.2. The number of anilines is 1. The fraction of sp³-hybridized carbons (Fsp3) is 0.207. The zero-order chi connectivity index (χ0) is 25.2. The van der Waals surface area contributed by atoms with Crippen LogP contribution in [-0.2, 0) is 4.79 Å². The van der Waals surface area contributed by atoms with Crippen molar-refractivity contribution in [3.63, 3.8) is 0 Å². The third kappa shape index (κ3) is 3.60. The van der Waals surface area contributed by atoms with E-state index in [1.165, 1.54) is 12.1 Å². The SMILES string of the molecule is CC1(C)CC(=O)C2=C(C1)c1c(ccc3ccccc13)N[C@H]2c1ccc(-c2ccc(Cl)c([N+](=O)[O-])c2)o1. The Morgan fingerprint density at radius 2 is 1.86 bits per heavy atom. The molecule has 0 fully saturated rings. The summed E-state index contributed by atoms with van der Waals surface area (Å²) < 4.78 is 6.22.